The van der Waals surface area contributed by atoms with Crippen LogP contribution in [0.3, 0.4) is 0 Å². The van der Waals surface area contributed by atoms with E-state index in [0.29, 0.717) is 13.2 Å². The second kappa shape index (κ2) is 4.92. The number of fused-ring (bicyclic) bond motifs is 3. The molecule has 0 amide bonds. The van der Waals surface area contributed by atoms with Crippen LogP contribution >= 0.6 is 0 Å². The van der Waals surface area contributed by atoms with Gasteiger partial charge in [0.15, 0.2) is 5.71 Å². The van der Waals surface area contributed by atoms with Crippen LogP contribution in [0.1, 0.15) is 23.7 Å². The van der Waals surface area contributed by atoms with Crippen LogP contribution in [-0.4, -0.2) is 23.3 Å². The molecule has 0 spiro atoms. The highest BCUT2D eigenvalue weighted by molar-refractivity contribution is 6.44. The fourth-order valence-electron chi connectivity index (χ4n) is 2.27. The van der Waals surface area contributed by atoms with Crippen molar-refractivity contribution < 1.29 is 14.4 Å². The molecule has 0 bridgehead atoms. The highest BCUT2D eigenvalue weighted by atomic mass is 16.6. The van der Waals surface area contributed by atoms with Gasteiger partial charge in [0.2, 0.25) is 0 Å². The van der Waals surface area contributed by atoms with Crippen LogP contribution in [0.25, 0.3) is 10.9 Å². The molecule has 1 aliphatic rings. The number of hydrogen-bond donors (Lipinski definition) is 0. The van der Waals surface area contributed by atoms with Crippen molar-refractivity contribution in [3.05, 3.63) is 41.1 Å². The third-order valence-electron chi connectivity index (χ3n) is 3.19. The number of hydrogen-bond acceptors (Lipinski definition) is 5. The number of ether oxygens (including phenoxy) is 1. The molecule has 0 radical (unpaired) electrons. The Morgan fingerprint density at radius 1 is 1.35 bits per heavy atom. The van der Waals surface area contributed by atoms with E-state index in [1.165, 1.54) is 0 Å². The van der Waals surface area contributed by atoms with E-state index in [1.54, 1.807) is 6.92 Å². The topological polar surface area (TPSA) is 60.8 Å². The Balaban J connectivity index is 2.17. The van der Waals surface area contributed by atoms with Crippen molar-refractivity contribution in [2.24, 2.45) is 5.16 Å². The van der Waals surface area contributed by atoms with Crippen LogP contribution in [0.5, 0.6) is 0 Å². The molecule has 0 unspecified atom stereocenters. The fraction of sp³-hybridized carbons (Fsp3) is 0.267. The molecule has 1 aromatic carbocycles. The van der Waals surface area contributed by atoms with Crippen LogP contribution in [0.15, 0.2) is 29.4 Å². The van der Waals surface area contributed by atoms with Gasteiger partial charge in [-0.05, 0) is 19.9 Å². The lowest BCUT2D eigenvalue weighted by Gasteiger charge is -2.17. The molecule has 2 heterocycles. The number of carbonyl (C=O) groups excluding carboxylic acids is 1. The maximum absolute atomic E-state index is 11.9. The van der Waals surface area contributed by atoms with Crippen LogP contribution in [0, 0.1) is 6.92 Å². The summed E-state index contributed by atoms with van der Waals surface area (Å²) in [6, 6.07) is 7.76. The van der Waals surface area contributed by atoms with Crippen molar-refractivity contribution in [2.45, 2.75) is 20.5 Å². The van der Waals surface area contributed by atoms with Gasteiger partial charge in [0, 0.05) is 22.2 Å². The predicted molar refractivity (Wildman–Crippen MR) is 74.4 cm³/mol. The number of pyridine rings is 1. The van der Waals surface area contributed by atoms with E-state index in [1.807, 2.05) is 31.2 Å². The van der Waals surface area contributed by atoms with Crippen molar-refractivity contribution in [2.75, 3.05) is 6.61 Å². The van der Waals surface area contributed by atoms with Gasteiger partial charge in [-0.3, -0.25) is 4.98 Å². The summed E-state index contributed by atoms with van der Waals surface area (Å²) in [6.07, 6.45) is 0. The first-order chi connectivity index (χ1) is 9.70. The van der Waals surface area contributed by atoms with E-state index < -0.39 is 5.97 Å². The Bertz CT molecular complexity index is 722. The summed E-state index contributed by atoms with van der Waals surface area (Å²) in [5.41, 5.74) is 3.59. The molecule has 20 heavy (non-hydrogen) atoms. The van der Waals surface area contributed by atoms with Crippen molar-refractivity contribution in [1.82, 2.24) is 4.98 Å². The zero-order valence-corrected chi connectivity index (χ0v) is 11.3. The molecule has 0 aliphatic carbocycles. The first-order valence-electron chi connectivity index (χ1n) is 6.47. The van der Waals surface area contributed by atoms with Crippen molar-refractivity contribution in [3.63, 3.8) is 0 Å². The minimum absolute atomic E-state index is 0.207. The van der Waals surface area contributed by atoms with E-state index >= 15 is 0 Å². The van der Waals surface area contributed by atoms with Gasteiger partial charge in [-0.25, -0.2) is 4.79 Å². The molecule has 1 aromatic heterocycles. The Morgan fingerprint density at radius 3 is 2.95 bits per heavy atom. The first-order valence-corrected chi connectivity index (χ1v) is 6.47. The average molecular weight is 270 g/mol. The molecule has 0 atom stereocenters. The number of oxime groups is 1. The predicted octanol–water partition coefficient (Wildman–Crippen LogP) is 2.34. The second-order valence-electron chi connectivity index (χ2n) is 4.55. The van der Waals surface area contributed by atoms with Gasteiger partial charge in [-0.2, -0.15) is 0 Å². The largest absolute Gasteiger partial charge is 0.461 e. The molecule has 1 aliphatic heterocycles. The van der Waals surface area contributed by atoms with Gasteiger partial charge >= 0.3 is 5.97 Å². The van der Waals surface area contributed by atoms with Gasteiger partial charge in [0.05, 0.1) is 12.1 Å². The molecule has 2 aromatic rings. The van der Waals surface area contributed by atoms with Gasteiger partial charge in [0.1, 0.15) is 6.61 Å². The van der Waals surface area contributed by atoms with Crippen LogP contribution < -0.4 is 0 Å². The molecular weight excluding hydrogens is 256 g/mol. The molecule has 3 rings (SSSR count). The van der Waals surface area contributed by atoms with Crippen LogP contribution in [-0.2, 0) is 21.0 Å². The van der Waals surface area contributed by atoms with Crippen molar-refractivity contribution >= 4 is 22.6 Å². The Kier molecular flexibility index (Phi) is 3.10. The number of rotatable bonds is 2. The lowest BCUT2D eigenvalue weighted by atomic mass is 9.99. The maximum Gasteiger partial charge on any atom is 0.361 e. The first kappa shape index (κ1) is 12.6. The maximum atomic E-state index is 11.9. The monoisotopic (exact) mass is 270 g/mol. The van der Waals surface area contributed by atoms with Crippen LogP contribution in [0.2, 0.25) is 0 Å². The minimum atomic E-state index is -0.472. The summed E-state index contributed by atoms with van der Waals surface area (Å²) < 4.78 is 5.00. The lowest BCUT2D eigenvalue weighted by molar-refractivity contribution is -0.135. The highest BCUT2D eigenvalue weighted by Crippen LogP contribution is 2.26. The van der Waals surface area contributed by atoms with Crippen LogP contribution in [0.4, 0.5) is 0 Å². The van der Waals surface area contributed by atoms with Crippen molar-refractivity contribution in [3.8, 4) is 0 Å². The standard InChI is InChI=1S/C15H14N2O3/c1-3-19-15(18)14-11-7-6-10-5-4-9(2)16-13(10)12(11)8-20-17-14/h4-7H,3,8H2,1-2H3. The summed E-state index contributed by atoms with van der Waals surface area (Å²) in [5.74, 6) is -0.472. The number of carbonyl (C=O) groups is 1. The number of benzene rings is 1. The van der Waals surface area contributed by atoms with E-state index in [2.05, 4.69) is 10.1 Å². The second-order valence-corrected chi connectivity index (χ2v) is 4.55. The molecule has 0 saturated heterocycles. The Hall–Kier alpha value is -2.43. The Labute approximate surface area is 116 Å². The molecular formula is C15H14N2O3. The minimum Gasteiger partial charge on any atom is -0.461 e. The van der Waals surface area contributed by atoms with Gasteiger partial charge in [-0.1, -0.05) is 23.4 Å². The van der Waals surface area contributed by atoms with E-state index in [0.717, 1.165) is 27.7 Å². The molecule has 102 valence electrons. The molecule has 5 heteroatoms. The van der Waals surface area contributed by atoms with Gasteiger partial charge < -0.3 is 9.57 Å². The summed E-state index contributed by atoms with van der Waals surface area (Å²) in [6.45, 7) is 4.31. The summed E-state index contributed by atoms with van der Waals surface area (Å²) in [4.78, 5) is 21.6. The smallest absolute Gasteiger partial charge is 0.361 e. The van der Waals surface area contributed by atoms with E-state index in [-0.39, 0.29) is 5.71 Å². The number of aryl methyl sites for hydroxylation is 1. The van der Waals surface area contributed by atoms with E-state index in [9.17, 15) is 4.79 Å². The molecule has 0 N–H and O–H groups in total. The third-order valence-corrected chi connectivity index (χ3v) is 3.19. The lowest BCUT2D eigenvalue weighted by Crippen LogP contribution is -2.23. The summed E-state index contributed by atoms with van der Waals surface area (Å²) in [5, 5.41) is 4.85. The third kappa shape index (κ3) is 2.01. The number of aromatic nitrogens is 1. The van der Waals surface area contributed by atoms with Gasteiger partial charge in [0.25, 0.3) is 0 Å². The number of nitrogens with zero attached hydrogens (tertiary/aromatic N) is 2. The van der Waals surface area contributed by atoms with E-state index in [4.69, 9.17) is 9.57 Å². The van der Waals surface area contributed by atoms with Gasteiger partial charge in [-0.15, -0.1) is 0 Å². The highest BCUT2D eigenvalue weighted by Gasteiger charge is 2.25. The quantitative estimate of drug-likeness (QED) is 0.786. The summed E-state index contributed by atoms with van der Waals surface area (Å²) >= 11 is 0. The Morgan fingerprint density at radius 2 is 2.15 bits per heavy atom. The van der Waals surface area contributed by atoms with Crippen molar-refractivity contribution in [1.29, 1.82) is 0 Å². The molecule has 0 saturated carbocycles. The normalized spacial score (nSPS) is 13.4. The number of esters is 1. The fourth-order valence-corrected chi connectivity index (χ4v) is 2.27. The molecule has 0 fully saturated rings. The zero-order chi connectivity index (χ0) is 14.1. The summed E-state index contributed by atoms with van der Waals surface area (Å²) in [7, 11) is 0. The molecule has 5 nitrogen and oxygen atoms in total. The SMILES string of the molecule is CCOC(=O)C1=NOCc2c1ccc1ccc(C)nc21. The zero-order valence-electron chi connectivity index (χ0n) is 11.3. The average Bonchev–Trinajstić information content (AvgIpc) is 2.46.